The van der Waals surface area contributed by atoms with Gasteiger partial charge >= 0.3 is 12.0 Å². The molecule has 3 saturated heterocycles. The van der Waals surface area contributed by atoms with E-state index >= 15 is 18.4 Å². The molecule has 21 heteroatoms. The largest absolute Gasteiger partial charge is 0.464 e. The molecule has 0 saturated carbocycles. The minimum absolute atomic E-state index is 0.0155. The van der Waals surface area contributed by atoms with Gasteiger partial charge in [-0.25, -0.2) is 13.6 Å². The van der Waals surface area contributed by atoms with Crippen molar-refractivity contribution in [2.75, 3.05) is 74.1 Å². The van der Waals surface area contributed by atoms with E-state index in [9.17, 15) is 14.4 Å². The highest BCUT2D eigenvalue weighted by Crippen LogP contribution is 2.43. The molecule has 4 aliphatic heterocycles. The Morgan fingerprint density at radius 2 is 1.73 bits per heavy atom. The minimum atomic E-state index is -2.92. The molecule has 7 heterocycles. The number of carbonyl (C=O) groups excluding carboxylic acids is 5. The molecule has 4 aromatic rings. The molecule has 6 bridgehead atoms. The van der Waals surface area contributed by atoms with Gasteiger partial charge in [-0.3, -0.25) is 34.2 Å². The van der Waals surface area contributed by atoms with Gasteiger partial charge in [-0.05, 0) is 132 Å². The number of piperidine rings is 1. The zero-order valence-electron chi connectivity index (χ0n) is 47.4. The van der Waals surface area contributed by atoms with Gasteiger partial charge in [0.25, 0.3) is 12.3 Å². The van der Waals surface area contributed by atoms with Crippen LogP contribution in [0, 0.1) is 16.7 Å². The SMILES string of the molecule is CCn1c(-c2cccnc2[C@H](C)OC)c2c3cc(ccc31)-c1cc(C(F)F)cc(n1)C[C@]([Si])(NC(=O)[C@H](C(C)C)N(C)C(=O)N1CCC3(CCN(C(=O)/C=C/CN(C)C)C3)CC1)C(=O)N1CCC[C@H](SN1)C(=O)OCC(C)(C)C2. The van der Waals surface area contributed by atoms with Crippen LogP contribution in [0.15, 0.2) is 60.8 Å². The molecule has 425 valence electrons. The standard InChI is InChI=1S/C58H77F2N10O7SSi/c1-11-69-45-19-18-38-30-42(45)43(50(69)41-15-12-23-61-48(41)37(4)76-10)33-56(5,6)35-77-53(73)46-16-13-25-70(64-78-46)54(74)58(79,32-40-29-39(51(59)60)31-44(38)62-40)63-52(72)49(36(2)3)66(9)55(75)67-26-20-57(21-27-67)22-28-68(34-57)47(71)17-14-24-65(7)8/h12,14-15,17-19,23,29-31,36-37,46,49,51,64H,11,13,16,20-22,24-28,32-35H2,1-10H3,(H,63,72)/b17-14+/t37-,46-,49-,58+/m0/s1. The summed E-state index contributed by atoms with van der Waals surface area (Å²) in [5.41, 5.74) is 4.16. The van der Waals surface area contributed by atoms with Crippen LogP contribution in [0.1, 0.15) is 109 Å². The monoisotopic (exact) mass is 1120 g/mol. The molecule has 4 aliphatic rings. The van der Waals surface area contributed by atoms with Crippen LogP contribution in [-0.4, -0.2) is 170 Å². The van der Waals surface area contributed by atoms with Gasteiger partial charge in [0.05, 0.1) is 40.0 Å². The van der Waals surface area contributed by atoms with E-state index in [-0.39, 0.29) is 53.6 Å². The van der Waals surface area contributed by atoms with Crippen molar-refractivity contribution < 1.29 is 42.2 Å². The van der Waals surface area contributed by atoms with E-state index in [0.29, 0.717) is 76.9 Å². The first-order valence-electron chi connectivity index (χ1n) is 27.5. The van der Waals surface area contributed by atoms with E-state index in [2.05, 4.69) is 31.9 Å². The first-order valence-corrected chi connectivity index (χ1v) is 28.9. The highest BCUT2D eigenvalue weighted by molar-refractivity contribution is 7.98. The Morgan fingerprint density at radius 1 is 1.01 bits per heavy atom. The zero-order chi connectivity index (χ0) is 57.1. The fraction of sp³-hybridized carbons (Fsp3) is 0.569. The Morgan fingerprint density at radius 3 is 2.41 bits per heavy atom. The van der Waals surface area contributed by atoms with Crippen molar-refractivity contribution >= 4 is 62.8 Å². The van der Waals surface area contributed by atoms with E-state index in [1.807, 2.05) is 94.9 Å². The summed E-state index contributed by atoms with van der Waals surface area (Å²) >= 11 is 1.03. The quantitative estimate of drug-likeness (QED) is 0.0613. The number of urea groups is 1. The fourth-order valence-corrected chi connectivity index (χ4v) is 13.0. The lowest BCUT2D eigenvalue weighted by Gasteiger charge is -2.42. The topological polar surface area (TPSA) is 175 Å². The number of amides is 5. The molecule has 17 nitrogen and oxygen atoms in total. The van der Waals surface area contributed by atoms with Crippen LogP contribution in [-0.2, 0) is 48.0 Å². The molecule has 3 radical (unpaired) electrons. The van der Waals surface area contributed by atoms with Crippen molar-refractivity contribution in [3.63, 3.8) is 0 Å². The number of carbonyl (C=O) groups is 5. The molecule has 4 atom stereocenters. The molecule has 1 spiro atoms. The average molecular weight is 1120 g/mol. The summed E-state index contributed by atoms with van der Waals surface area (Å²) in [5, 5.41) is 2.40. The maximum Gasteiger partial charge on any atom is 0.320 e. The molecule has 1 aromatic carbocycles. The smallest absolute Gasteiger partial charge is 0.320 e. The Bertz CT molecular complexity index is 2950. The Labute approximate surface area is 471 Å². The van der Waals surface area contributed by atoms with Gasteiger partial charge < -0.3 is 39.0 Å². The van der Waals surface area contributed by atoms with E-state index in [4.69, 9.17) is 19.4 Å². The number of hydrogen-bond donors (Lipinski definition) is 2. The van der Waals surface area contributed by atoms with Gasteiger partial charge in [-0.2, -0.15) is 4.83 Å². The molecular formula is C58H77F2N10O7SSi. The maximum absolute atomic E-state index is 15.2. The number of hydrazine groups is 1. The van der Waals surface area contributed by atoms with Crippen molar-refractivity contribution in [1.29, 1.82) is 0 Å². The Hall–Kier alpha value is -5.74. The molecule has 79 heavy (non-hydrogen) atoms. The summed E-state index contributed by atoms with van der Waals surface area (Å²) in [6, 6.07) is 10.8. The number of ether oxygens (including phenoxy) is 2. The molecule has 3 aromatic heterocycles. The molecule has 0 unspecified atom stereocenters. The number of alkyl halides is 2. The first kappa shape index (κ1) is 59.4. The van der Waals surface area contributed by atoms with Crippen molar-refractivity contribution in [3.8, 4) is 22.5 Å². The van der Waals surface area contributed by atoms with Crippen LogP contribution in [0.5, 0.6) is 0 Å². The summed E-state index contributed by atoms with van der Waals surface area (Å²) in [4.78, 5) is 91.6. The van der Waals surface area contributed by atoms with Gasteiger partial charge in [0, 0.05) is 117 Å². The first-order chi connectivity index (χ1) is 37.5. The number of likely N-dealkylation sites (tertiary alicyclic amines) is 2. The number of nitrogens with one attached hydrogen (secondary N) is 2. The summed E-state index contributed by atoms with van der Waals surface area (Å²) in [7, 11) is 10.9. The Balaban J connectivity index is 1.15. The van der Waals surface area contributed by atoms with Crippen molar-refractivity contribution in [2.45, 2.75) is 122 Å². The van der Waals surface area contributed by atoms with Gasteiger partial charge in [0.15, 0.2) is 0 Å². The number of cyclic esters (lactones) is 1. The van der Waals surface area contributed by atoms with E-state index in [1.165, 1.54) is 22.0 Å². The summed E-state index contributed by atoms with van der Waals surface area (Å²) in [6.45, 7) is 15.3. The second kappa shape index (κ2) is 24.5. The molecule has 3 fully saturated rings. The molecule has 2 N–H and O–H groups in total. The van der Waals surface area contributed by atoms with Crippen molar-refractivity contribution in [1.82, 2.24) is 49.3 Å². The maximum atomic E-state index is 15.2. The summed E-state index contributed by atoms with van der Waals surface area (Å²) in [5.74, 6) is -2.23. The number of nitrogens with zero attached hydrogens (tertiary/aromatic N) is 8. The lowest BCUT2D eigenvalue weighted by Crippen LogP contribution is -2.66. The second-order valence-corrected chi connectivity index (χ2v) is 25.1. The zero-order valence-corrected chi connectivity index (χ0v) is 49.2. The normalized spacial score (nSPS) is 21.7. The van der Waals surface area contributed by atoms with Gasteiger partial charge in [-0.1, -0.05) is 39.8 Å². The van der Waals surface area contributed by atoms with E-state index in [0.717, 1.165) is 51.8 Å². The number of aryl methyl sites for hydroxylation is 1. The number of fused-ring (bicyclic) bond motifs is 7. The lowest BCUT2D eigenvalue weighted by atomic mass is 9.78. The van der Waals surface area contributed by atoms with Crippen LogP contribution < -0.4 is 10.1 Å². The predicted octanol–water partition coefficient (Wildman–Crippen LogP) is 7.73. The van der Waals surface area contributed by atoms with Gasteiger partial charge in [0.1, 0.15) is 16.5 Å². The summed E-state index contributed by atoms with van der Waals surface area (Å²) in [6.07, 6.45) is 5.00. The number of pyridine rings is 2. The summed E-state index contributed by atoms with van der Waals surface area (Å²) < 4.78 is 44.6. The fourth-order valence-electron chi connectivity index (χ4n) is 11.7. The minimum Gasteiger partial charge on any atom is -0.464 e. The molecule has 0 aliphatic carbocycles. The van der Waals surface area contributed by atoms with Crippen LogP contribution in [0.4, 0.5) is 13.6 Å². The molecular weight excluding hydrogens is 1050 g/mol. The number of likely N-dealkylation sites (N-methyl/N-ethyl adjacent to an activating group) is 2. The third-order valence-corrected chi connectivity index (χ3v) is 17.6. The molecule has 5 amide bonds. The number of rotatable bonds is 12. The highest BCUT2D eigenvalue weighted by atomic mass is 32.2. The number of esters is 1. The van der Waals surface area contributed by atoms with Crippen molar-refractivity contribution in [2.24, 2.45) is 16.7 Å². The third kappa shape index (κ3) is 13.1. The van der Waals surface area contributed by atoms with E-state index < -0.39 is 58.4 Å². The Kier molecular flexibility index (Phi) is 18.5. The second-order valence-electron chi connectivity index (χ2n) is 23.3. The van der Waals surface area contributed by atoms with Crippen LogP contribution in [0.2, 0.25) is 0 Å². The number of methoxy groups -OCH3 is 1. The van der Waals surface area contributed by atoms with Crippen LogP contribution in [0.25, 0.3) is 33.4 Å². The van der Waals surface area contributed by atoms with Crippen LogP contribution in [0.3, 0.4) is 0 Å². The molecule has 8 rings (SSSR count). The van der Waals surface area contributed by atoms with Gasteiger partial charge in [0.2, 0.25) is 11.8 Å². The van der Waals surface area contributed by atoms with E-state index in [1.54, 1.807) is 31.3 Å². The average Bonchev–Trinajstić information content (AvgIpc) is 4.13. The third-order valence-electron chi connectivity index (χ3n) is 16.0. The predicted molar refractivity (Wildman–Crippen MR) is 303 cm³/mol. The number of hydrogen-bond acceptors (Lipinski definition) is 12. The number of aromatic nitrogens is 3. The lowest BCUT2D eigenvalue weighted by molar-refractivity contribution is -0.146. The van der Waals surface area contributed by atoms with Gasteiger partial charge in [-0.15, -0.1) is 0 Å². The van der Waals surface area contributed by atoms with Crippen molar-refractivity contribution in [3.05, 3.63) is 83.3 Å². The van der Waals surface area contributed by atoms with Crippen LogP contribution >= 0.6 is 11.9 Å². The highest BCUT2D eigenvalue weighted by Gasteiger charge is 2.46. The number of benzene rings is 1. The number of halogens is 2.